The fourth-order valence-corrected chi connectivity index (χ4v) is 6.86. The molecule has 2 aromatic carbocycles. The molecule has 12 heteroatoms. The van der Waals surface area contributed by atoms with Crippen LogP contribution in [0.4, 0.5) is 0 Å². The normalized spacial score (nSPS) is 27.6. The molecule has 2 saturated heterocycles. The second kappa shape index (κ2) is 11.0. The third kappa shape index (κ3) is 5.17. The van der Waals surface area contributed by atoms with Gasteiger partial charge < -0.3 is 18.9 Å². The highest BCUT2D eigenvalue weighted by atomic mass is 35.5. The fraction of sp³-hybridized carbons (Fsp3) is 0.320. The molecule has 2 fully saturated rings. The van der Waals surface area contributed by atoms with Crippen molar-refractivity contribution in [2.24, 2.45) is 0 Å². The van der Waals surface area contributed by atoms with Gasteiger partial charge in [-0.05, 0) is 18.2 Å². The van der Waals surface area contributed by atoms with Gasteiger partial charge in [0.15, 0.2) is 6.29 Å². The first-order valence-corrected chi connectivity index (χ1v) is 14.1. The monoisotopic (exact) mass is 576 g/mol. The Balaban J connectivity index is 1.36. The lowest BCUT2D eigenvalue weighted by Gasteiger charge is -2.48. The van der Waals surface area contributed by atoms with E-state index in [1.807, 2.05) is 48.0 Å². The van der Waals surface area contributed by atoms with Gasteiger partial charge in [-0.25, -0.2) is 9.67 Å². The van der Waals surface area contributed by atoms with Gasteiger partial charge in [0.1, 0.15) is 40.5 Å². The Bertz CT molecular complexity index is 1340. The van der Waals surface area contributed by atoms with Crippen LogP contribution in [0.25, 0.3) is 10.7 Å². The summed E-state index contributed by atoms with van der Waals surface area (Å²) in [5, 5.41) is 12.7. The highest BCUT2D eigenvalue weighted by molar-refractivity contribution is 8.00. The molecule has 0 amide bonds. The Kier molecular flexibility index (Phi) is 7.51. The van der Waals surface area contributed by atoms with E-state index in [4.69, 9.17) is 42.1 Å². The third-order valence-electron chi connectivity index (χ3n) is 6.26. The van der Waals surface area contributed by atoms with Crippen molar-refractivity contribution in [1.82, 2.24) is 20.0 Å². The first-order chi connectivity index (χ1) is 18.1. The molecule has 0 N–H and O–H groups in total. The number of hydrogen-bond donors (Lipinski definition) is 0. The summed E-state index contributed by atoms with van der Waals surface area (Å²) >= 11 is 15.7. The molecule has 192 valence electrons. The van der Waals surface area contributed by atoms with Crippen molar-refractivity contribution >= 4 is 46.3 Å². The number of nitrogens with zero attached hydrogens (tertiary/aromatic N) is 4. The summed E-state index contributed by atoms with van der Waals surface area (Å²) in [4.78, 5) is 5.16. The number of thioether (sulfide) groups is 1. The van der Waals surface area contributed by atoms with Crippen LogP contribution in [0.1, 0.15) is 17.9 Å². The van der Waals surface area contributed by atoms with Crippen LogP contribution >= 0.6 is 46.3 Å². The molecule has 4 heterocycles. The molecule has 6 atom stereocenters. The Morgan fingerprint density at radius 2 is 2.00 bits per heavy atom. The third-order valence-corrected chi connectivity index (χ3v) is 8.93. The maximum absolute atomic E-state index is 6.53. The second-order valence-electron chi connectivity index (χ2n) is 8.52. The summed E-state index contributed by atoms with van der Waals surface area (Å²) in [7, 11) is 1.65. The fourth-order valence-electron chi connectivity index (χ4n) is 4.56. The van der Waals surface area contributed by atoms with Gasteiger partial charge in [-0.2, -0.15) is 0 Å². The Labute approximate surface area is 231 Å². The molecule has 2 aromatic heterocycles. The van der Waals surface area contributed by atoms with E-state index in [1.54, 1.807) is 30.1 Å². The van der Waals surface area contributed by atoms with Crippen molar-refractivity contribution in [2.45, 2.75) is 41.0 Å². The number of thiazole rings is 1. The van der Waals surface area contributed by atoms with Gasteiger partial charge in [0.2, 0.25) is 0 Å². The van der Waals surface area contributed by atoms with E-state index in [1.165, 1.54) is 23.1 Å². The standard InChI is InChI=1S/C25H22Cl2N4O4S2/c1-32-22-20(31-12-17(29-30-31)23-28-9-10-36-23)21-18(13-33-24(35-21)14-5-3-2-4-6-14)34-25(22)37-19-11-15(26)7-8-16(19)27/h2-12,18,20-22,24-25H,13H2,1H3/t18?,20?,21-,22?,24?,25+/m0/s1. The molecule has 2 aliphatic rings. The molecular formula is C25H22Cl2N4O4S2. The van der Waals surface area contributed by atoms with E-state index < -0.39 is 23.9 Å². The molecule has 0 bridgehead atoms. The van der Waals surface area contributed by atoms with Crippen molar-refractivity contribution < 1.29 is 18.9 Å². The van der Waals surface area contributed by atoms with Crippen LogP contribution in [-0.4, -0.2) is 57.4 Å². The van der Waals surface area contributed by atoms with Gasteiger partial charge in [0.25, 0.3) is 0 Å². The SMILES string of the molecule is COC1C(n2cc(-c3nccs3)nn2)[C@H]2OC(c3ccccc3)OCC2O[C@@H]1Sc1cc(Cl)ccc1Cl. The lowest BCUT2D eigenvalue weighted by Crippen LogP contribution is -2.59. The molecule has 0 radical (unpaired) electrons. The summed E-state index contributed by atoms with van der Waals surface area (Å²) in [5.41, 5.74) is 1.17. The molecular weight excluding hydrogens is 555 g/mol. The highest BCUT2D eigenvalue weighted by Crippen LogP contribution is 2.45. The van der Waals surface area contributed by atoms with Gasteiger partial charge in [-0.1, -0.05) is 70.5 Å². The summed E-state index contributed by atoms with van der Waals surface area (Å²) in [6.45, 7) is 0.339. The van der Waals surface area contributed by atoms with Gasteiger partial charge in [-0.15, -0.1) is 16.4 Å². The lowest BCUT2D eigenvalue weighted by molar-refractivity contribution is -0.308. The number of halogens is 2. The number of aromatic nitrogens is 4. The quantitative estimate of drug-likeness (QED) is 0.281. The molecule has 4 aromatic rings. The average molecular weight is 578 g/mol. The van der Waals surface area contributed by atoms with Gasteiger partial charge >= 0.3 is 0 Å². The number of fused-ring (bicyclic) bond motifs is 1. The average Bonchev–Trinajstić information content (AvgIpc) is 3.63. The smallest absolute Gasteiger partial charge is 0.184 e. The topological polar surface area (TPSA) is 80.5 Å². The zero-order valence-electron chi connectivity index (χ0n) is 19.5. The van der Waals surface area contributed by atoms with Gasteiger partial charge in [-0.3, -0.25) is 0 Å². The van der Waals surface area contributed by atoms with E-state index in [0.717, 1.165) is 15.5 Å². The molecule has 0 saturated carbocycles. The van der Waals surface area contributed by atoms with Crippen molar-refractivity contribution in [2.75, 3.05) is 13.7 Å². The van der Waals surface area contributed by atoms with E-state index in [0.29, 0.717) is 22.3 Å². The predicted octanol–water partition coefficient (Wildman–Crippen LogP) is 5.90. The maximum atomic E-state index is 6.53. The molecule has 6 rings (SSSR count). The van der Waals surface area contributed by atoms with Crippen molar-refractivity contribution in [1.29, 1.82) is 0 Å². The van der Waals surface area contributed by atoms with Crippen LogP contribution in [0.2, 0.25) is 10.0 Å². The second-order valence-corrected chi connectivity index (χ2v) is 11.4. The summed E-state index contributed by atoms with van der Waals surface area (Å²) in [5.74, 6) is 0. The van der Waals surface area contributed by atoms with Gasteiger partial charge in [0, 0.05) is 34.2 Å². The largest absolute Gasteiger partial charge is 0.375 e. The summed E-state index contributed by atoms with van der Waals surface area (Å²) in [6.07, 6.45) is 1.83. The van der Waals surface area contributed by atoms with E-state index in [9.17, 15) is 0 Å². The molecule has 4 unspecified atom stereocenters. The van der Waals surface area contributed by atoms with E-state index in [-0.39, 0.29) is 12.1 Å². The van der Waals surface area contributed by atoms with Crippen LogP contribution in [0.15, 0.2) is 71.2 Å². The minimum Gasteiger partial charge on any atom is -0.375 e. The molecule has 0 spiro atoms. The van der Waals surface area contributed by atoms with Crippen LogP contribution in [0.3, 0.4) is 0 Å². The Morgan fingerprint density at radius 3 is 2.78 bits per heavy atom. The highest BCUT2D eigenvalue weighted by Gasteiger charge is 2.52. The van der Waals surface area contributed by atoms with Crippen LogP contribution < -0.4 is 0 Å². The number of methoxy groups -OCH3 is 1. The predicted molar refractivity (Wildman–Crippen MR) is 142 cm³/mol. The van der Waals surface area contributed by atoms with Crippen LogP contribution in [0.5, 0.6) is 0 Å². The molecule has 8 nitrogen and oxygen atoms in total. The minimum absolute atomic E-state index is 0.339. The first-order valence-electron chi connectivity index (χ1n) is 11.5. The summed E-state index contributed by atoms with van der Waals surface area (Å²) in [6, 6.07) is 14.8. The zero-order valence-corrected chi connectivity index (χ0v) is 22.7. The molecule has 0 aliphatic carbocycles. The van der Waals surface area contributed by atoms with E-state index >= 15 is 0 Å². The number of rotatable bonds is 6. The first kappa shape index (κ1) is 25.3. The zero-order chi connectivity index (χ0) is 25.4. The number of hydrogen-bond acceptors (Lipinski definition) is 9. The van der Waals surface area contributed by atoms with E-state index in [2.05, 4.69) is 15.3 Å². The molecule has 37 heavy (non-hydrogen) atoms. The van der Waals surface area contributed by atoms with Crippen LogP contribution in [-0.2, 0) is 18.9 Å². The lowest BCUT2D eigenvalue weighted by atomic mass is 9.96. The minimum atomic E-state index is -0.542. The van der Waals surface area contributed by atoms with Crippen molar-refractivity contribution in [3.8, 4) is 10.7 Å². The Morgan fingerprint density at radius 1 is 1.14 bits per heavy atom. The summed E-state index contributed by atoms with van der Waals surface area (Å²) < 4.78 is 27.0. The number of ether oxygens (including phenoxy) is 4. The van der Waals surface area contributed by atoms with Crippen LogP contribution in [0, 0.1) is 0 Å². The van der Waals surface area contributed by atoms with Crippen molar-refractivity contribution in [3.05, 3.63) is 81.9 Å². The maximum Gasteiger partial charge on any atom is 0.184 e. The Hall–Kier alpha value is -2.02. The number of benzene rings is 2. The van der Waals surface area contributed by atoms with Crippen molar-refractivity contribution in [3.63, 3.8) is 0 Å². The molecule has 2 aliphatic heterocycles. The van der Waals surface area contributed by atoms with Gasteiger partial charge in [0.05, 0.1) is 17.8 Å².